The first-order valence-corrected chi connectivity index (χ1v) is 8.14. The summed E-state index contributed by atoms with van der Waals surface area (Å²) in [4.78, 5) is 25.6. The summed E-state index contributed by atoms with van der Waals surface area (Å²) >= 11 is 1.61. The normalized spacial score (nSPS) is 10.7. The van der Waals surface area contributed by atoms with E-state index >= 15 is 0 Å². The number of hydrogen-bond donors (Lipinski definition) is 1. The van der Waals surface area contributed by atoms with Gasteiger partial charge in [-0.15, -0.1) is 11.3 Å². The summed E-state index contributed by atoms with van der Waals surface area (Å²) in [6, 6.07) is 9.16. The van der Waals surface area contributed by atoms with Gasteiger partial charge in [-0.2, -0.15) is 0 Å². The van der Waals surface area contributed by atoms with Gasteiger partial charge in [-0.1, -0.05) is 12.1 Å². The second-order valence-corrected chi connectivity index (χ2v) is 6.45. The number of amides is 1. The minimum atomic E-state index is -0.367. The van der Waals surface area contributed by atoms with E-state index in [1.54, 1.807) is 36.5 Å². The first-order chi connectivity index (χ1) is 11.0. The Labute approximate surface area is 139 Å². The van der Waals surface area contributed by atoms with Crippen LogP contribution in [0.1, 0.15) is 32.6 Å². The van der Waals surface area contributed by atoms with E-state index in [4.69, 9.17) is 4.74 Å². The van der Waals surface area contributed by atoms with Crippen LogP contribution in [0.25, 0.3) is 6.08 Å². The summed E-state index contributed by atoms with van der Waals surface area (Å²) in [7, 11) is 0. The zero-order valence-electron chi connectivity index (χ0n) is 13.4. The van der Waals surface area contributed by atoms with Crippen molar-refractivity contribution in [1.29, 1.82) is 0 Å². The molecule has 1 heterocycles. The molecule has 4 nitrogen and oxygen atoms in total. The lowest BCUT2D eigenvalue weighted by atomic mass is 10.2. The molecule has 23 heavy (non-hydrogen) atoms. The SMILES string of the molecule is CCOC(=O)/C=C/c1ccc(NC(=O)c2cc(C)sc2C)cc1. The van der Waals surface area contributed by atoms with Gasteiger partial charge in [-0.3, -0.25) is 4.79 Å². The third kappa shape index (κ3) is 4.79. The van der Waals surface area contributed by atoms with Crippen molar-refractivity contribution < 1.29 is 14.3 Å². The Morgan fingerprint density at radius 3 is 2.48 bits per heavy atom. The van der Waals surface area contributed by atoms with Crippen molar-refractivity contribution in [1.82, 2.24) is 0 Å². The van der Waals surface area contributed by atoms with Crippen LogP contribution in [0.15, 0.2) is 36.4 Å². The minimum absolute atomic E-state index is 0.110. The largest absolute Gasteiger partial charge is 0.463 e. The number of benzene rings is 1. The van der Waals surface area contributed by atoms with Gasteiger partial charge in [-0.05, 0) is 50.6 Å². The molecule has 0 saturated heterocycles. The second-order valence-electron chi connectivity index (χ2n) is 4.99. The highest BCUT2D eigenvalue weighted by molar-refractivity contribution is 7.12. The maximum atomic E-state index is 12.2. The van der Waals surface area contributed by atoms with Gasteiger partial charge in [0, 0.05) is 21.5 Å². The Balaban J connectivity index is 2.01. The number of ether oxygens (including phenoxy) is 1. The van der Waals surface area contributed by atoms with E-state index in [0.717, 1.165) is 15.3 Å². The number of esters is 1. The minimum Gasteiger partial charge on any atom is -0.463 e. The second kappa shape index (κ2) is 7.74. The van der Waals surface area contributed by atoms with Crippen molar-refractivity contribution in [2.24, 2.45) is 0 Å². The smallest absolute Gasteiger partial charge is 0.330 e. The zero-order chi connectivity index (χ0) is 16.8. The van der Waals surface area contributed by atoms with Crippen molar-refractivity contribution in [3.8, 4) is 0 Å². The van der Waals surface area contributed by atoms with Crippen molar-refractivity contribution in [3.05, 3.63) is 57.3 Å². The maximum absolute atomic E-state index is 12.2. The molecule has 2 rings (SSSR count). The Kier molecular flexibility index (Phi) is 5.71. The van der Waals surface area contributed by atoms with E-state index in [1.165, 1.54) is 6.08 Å². The first kappa shape index (κ1) is 17.0. The molecular weight excluding hydrogens is 310 g/mol. The number of rotatable bonds is 5. The van der Waals surface area contributed by atoms with Gasteiger partial charge in [-0.25, -0.2) is 4.79 Å². The van der Waals surface area contributed by atoms with Gasteiger partial charge in [0.2, 0.25) is 0 Å². The van der Waals surface area contributed by atoms with Gasteiger partial charge >= 0.3 is 5.97 Å². The lowest BCUT2D eigenvalue weighted by molar-refractivity contribution is -0.137. The predicted octanol–water partition coefficient (Wildman–Crippen LogP) is 4.19. The Hall–Kier alpha value is -2.40. The number of carbonyl (C=O) groups excluding carboxylic acids is 2. The van der Waals surface area contributed by atoms with Crippen LogP contribution >= 0.6 is 11.3 Å². The lowest BCUT2D eigenvalue weighted by Gasteiger charge is -2.05. The number of hydrogen-bond acceptors (Lipinski definition) is 4. The molecule has 0 spiro atoms. The number of anilines is 1. The summed E-state index contributed by atoms with van der Waals surface area (Å²) in [5.41, 5.74) is 2.28. The molecule has 1 aromatic carbocycles. The average molecular weight is 329 g/mol. The van der Waals surface area contributed by atoms with Crippen molar-refractivity contribution >= 4 is 35.0 Å². The van der Waals surface area contributed by atoms with Crippen molar-refractivity contribution in [3.63, 3.8) is 0 Å². The van der Waals surface area contributed by atoms with Crippen molar-refractivity contribution in [2.45, 2.75) is 20.8 Å². The topological polar surface area (TPSA) is 55.4 Å². The number of thiophene rings is 1. The lowest BCUT2D eigenvalue weighted by Crippen LogP contribution is -2.11. The quantitative estimate of drug-likeness (QED) is 0.661. The van der Waals surface area contributed by atoms with E-state index in [2.05, 4.69) is 5.32 Å². The van der Waals surface area contributed by atoms with Crippen molar-refractivity contribution in [2.75, 3.05) is 11.9 Å². The summed E-state index contributed by atoms with van der Waals surface area (Å²) in [6.45, 7) is 6.05. The highest BCUT2D eigenvalue weighted by atomic mass is 32.1. The first-order valence-electron chi connectivity index (χ1n) is 7.33. The molecule has 5 heteroatoms. The highest BCUT2D eigenvalue weighted by Gasteiger charge is 2.11. The van der Waals surface area contributed by atoms with Gasteiger partial charge in [0.05, 0.1) is 12.2 Å². The molecule has 0 radical (unpaired) electrons. The van der Waals surface area contributed by atoms with Crippen LogP contribution in [0.5, 0.6) is 0 Å². The van der Waals surface area contributed by atoms with Crippen LogP contribution in [0.4, 0.5) is 5.69 Å². The molecule has 0 fully saturated rings. The van der Waals surface area contributed by atoms with Gasteiger partial charge in [0.15, 0.2) is 0 Å². The van der Waals surface area contributed by atoms with Crippen LogP contribution < -0.4 is 5.32 Å². The molecule has 1 aromatic heterocycles. The molecule has 0 atom stereocenters. The van der Waals surface area contributed by atoms with E-state index in [1.807, 2.05) is 32.0 Å². The van der Waals surface area contributed by atoms with Crippen LogP contribution in [-0.4, -0.2) is 18.5 Å². The fourth-order valence-electron chi connectivity index (χ4n) is 2.09. The number of aryl methyl sites for hydroxylation is 2. The molecule has 1 N–H and O–H groups in total. The molecule has 0 saturated carbocycles. The summed E-state index contributed by atoms with van der Waals surface area (Å²) in [5, 5.41) is 2.88. The molecule has 1 amide bonds. The summed E-state index contributed by atoms with van der Waals surface area (Å²) < 4.78 is 4.82. The van der Waals surface area contributed by atoms with Crippen LogP contribution in [0.2, 0.25) is 0 Å². The van der Waals surface area contributed by atoms with E-state index in [0.29, 0.717) is 17.9 Å². The molecule has 120 valence electrons. The Morgan fingerprint density at radius 2 is 1.91 bits per heavy atom. The third-order valence-corrected chi connectivity index (χ3v) is 4.12. The summed E-state index contributed by atoms with van der Waals surface area (Å²) in [5.74, 6) is -0.477. The fourth-order valence-corrected chi connectivity index (χ4v) is 3.01. The van der Waals surface area contributed by atoms with Gasteiger partial charge < -0.3 is 10.1 Å². The molecule has 0 aliphatic rings. The summed E-state index contributed by atoms with van der Waals surface area (Å²) in [6.07, 6.45) is 3.06. The fraction of sp³-hybridized carbons (Fsp3) is 0.222. The Morgan fingerprint density at radius 1 is 1.22 bits per heavy atom. The molecular formula is C18H19NO3S. The highest BCUT2D eigenvalue weighted by Crippen LogP contribution is 2.22. The van der Waals surface area contributed by atoms with Crippen LogP contribution in [0, 0.1) is 13.8 Å². The zero-order valence-corrected chi connectivity index (χ0v) is 14.2. The molecule has 0 aliphatic carbocycles. The maximum Gasteiger partial charge on any atom is 0.330 e. The van der Waals surface area contributed by atoms with E-state index in [9.17, 15) is 9.59 Å². The van der Waals surface area contributed by atoms with Gasteiger partial charge in [0.1, 0.15) is 0 Å². The van der Waals surface area contributed by atoms with E-state index in [-0.39, 0.29) is 11.9 Å². The predicted molar refractivity (Wildman–Crippen MR) is 93.9 cm³/mol. The van der Waals surface area contributed by atoms with Gasteiger partial charge in [0.25, 0.3) is 5.91 Å². The average Bonchev–Trinajstić information content (AvgIpc) is 2.85. The molecule has 2 aromatic rings. The number of nitrogens with one attached hydrogen (secondary N) is 1. The standard InChI is InChI=1S/C18H19NO3S/c1-4-22-17(20)10-7-14-5-8-15(9-6-14)19-18(21)16-11-12(2)23-13(16)3/h5-11H,4H2,1-3H3,(H,19,21)/b10-7+. The molecule has 0 unspecified atom stereocenters. The Bertz CT molecular complexity index is 729. The van der Waals surface area contributed by atoms with Crippen LogP contribution in [-0.2, 0) is 9.53 Å². The molecule has 0 bridgehead atoms. The van der Waals surface area contributed by atoms with E-state index < -0.39 is 0 Å². The number of carbonyl (C=O) groups is 2. The van der Waals surface area contributed by atoms with Crippen LogP contribution in [0.3, 0.4) is 0 Å². The third-order valence-electron chi connectivity index (χ3n) is 3.15. The monoisotopic (exact) mass is 329 g/mol. The molecule has 0 aliphatic heterocycles.